The number of benzene rings is 1. The predicted molar refractivity (Wildman–Crippen MR) is 66.6 cm³/mol. The minimum absolute atomic E-state index is 1.21. The summed E-state index contributed by atoms with van der Waals surface area (Å²) in [5.74, 6) is 0. The van der Waals surface area contributed by atoms with Crippen LogP contribution in [0.4, 0.5) is 0 Å². The summed E-state index contributed by atoms with van der Waals surface area (Å²) in [6, 6.07) is 7.00. The molecule has 1 heteroatoms. The third-order valence-electron chi connectivity index (χ3n) is 3.37. The van der Waals surface area contributed by atoms with Crippen LogP contribution in [0.5, 0.6) is 0 Å². The van der Waals surface area contributed by atoms with Crippen molar-refractivity contribution >= 4 is 11.3 Å². The molecule has 1 aliphatic rings. The molecule has 0 atom stereocenters. The Kier molecular flexibility index (Phi) is 1.96. The van der Waals surface area contributed by atoms with E-state index in [0.29, 0.717) is 0 Å². The summed E-state index contributed by atoms with van der Waals surface area (Å²) < 4.78 is 0. The SMILES string of the molecule is Cc1cc2c(cc1C)-c1sccc1CC2. The second-order valence-corrected chi connectivity index (χ2v) is 5.28. The second-order valence-electron chi connectivity index (χ2n) is 4.37. The van der Waals surface area contributed by atoms with Gasteiger partial charge in [-0.25, -0.2) is 0 Å². The molecule has 3 rings (SSSR count). The van der Waals surface area contributed by atoms with E-state index in [2.05, 4.69) is 37.4 Å². The number of fused-ring (bicyclic) bond motifs is 3. The van der Waals surface area contributed by atoms with E-state index >= 15 is 0 Å². The third kappa shape index (κ3) is 1.34. The summed E-state index contributed by atoms with van der Waals surface area (Å²) in [6.07, 6.45) is 2.43. The molecule has 0 nitrogen and oxygen atoms in total. The molecule has 0 fully saturated rings. The first-order valence-corrected chi connectivity index (χ1v) is 6.30. The lowest BCUT2D eigenvalue weighted by Crippen LogP contribution is -2.02. The second kappa shape index (κ2) is 3.21. The van der Waals surface area contributed by atoms with E-state index in [-0.39, 0.29) is 0 Å². The zero-order valence-corrected chi connectivity index (χ0v) is 9.95. The highest BCUT2D eigenvalue weighted by atomic mass is 32.1. The first-order valence-electron chi connectivity index (χ1n) is 5.42. The molecule has 0 spiro atoms. The maximum atomic E-state index is 2.37. The fourth-order valence-electron chi connectivity index (χ4n) is 2.33. The van der Waals surface area contributed by atoms with Crippen LogP contribution in [0, 0.1) is 13.8 Å². The van der Waals surface area contributed by atoms with Crippen LogP contribution < -0.4 is 0 Å². The van der Waals surface area contributed by atoms with Crippen LogP contribution in [0.25, 0.3) is 10.4 Å². The lowest BCUT2D eigenvalue weighted by Gasteiger charge is -2.18. The smallest absolute Gasteiger partial charge is 0.0377 e. The lowest BCUT2D eigenvalue weighted by atomic mass is 9.89. The number of hydrogen-bond donors (Lipinski definition) is 0. The summed E-state index contributed by atoms with van der Waals surface area (Å²) in [6.45, 7) is 4.41. The zero-order chi connectivity index (χ0) is 10.4. The minimum atomic E-state index is 1.21. The highest BCUT2D eigenvalue weighted by molar-refractivity contribution is 7.13. The van der Waals surface area contributed by atoms with Gasteiger partial charge in [0.05, 0.1) is 0 Å². The molecule has 1 aromatic heterocycles. The van der Waals surface area contributed by atoms with Crippen molar-refractivity contribution in [1.29, 1.82) is 0 Å². The van der Waals surface area contributed by atoms with Gasteiger partial charge in [-0.2, -0.15) is 0 Å². The van der Waals surface area contributed by atoms with E-state index in [1.54, 1.807) is 0 Å². The van der Waals surface area contributed by atoms with Gasteiger partial charge in [-0.15, -0.1) is 11.3 Å². The molecule has 0 N–H and O–H groups in total. The molecular formula is C14H14S. The van der Waals surface area contributed by atoms with Crippen LogP contribution in [-0.2, 0) is 12.8 Å². The Morgan fingerprint density at radius 3 is 2.60 bits per heavy atom. The van der Waals surface area contributed by atoms with Gasteiger partial charge in [0, 0.05) is 4.88 Å². The maximum Gasteiger partial charge on any atom is 0.0377 e. The van der Waals surface area contributed by atoms with Crippen molar-refractivity contribution in [2.75, 3.05) is 0 Å². The fourth-order valence-corrected chi connectivity index (χ4v) is 3.34. The highest BCUT2D eigenvalue weighted by Gasteiger charge is 2.17. The average Bonchev–Trinajstić information content (AvgIpc) is 2.68. The lowest BCUT2D eigenvalue weighted by molar-refractivity contribution is 0.946. The molecule has 76 valence electrons. The van der Waals surface area contributed by atoms with E-state index in [1.807, 2.05) is 11.3 Å². The molecule has 0 radical (unpaired) electrons. The molecule has 0 amide bonds. The predicted octanol–water partition coefficient (Wildman–Crippen LogP) is 4.13. The topological polar surface area (TPSA) is 0 Å². The Bertz CT molecular complexity index is 520. The van der Waals surface area contributed by atoms with Gasteiger partial charge in [-0.05, 0) is 66.0 Å². The fraction of sp³-hybridized carbons (Fsp3) is 0.286. The summed E-state index contributed by atoms with van der Waals surface area (Å²) in [4.78, 5) is 1.50. The summed E-state index contributed by atoms with van der Waals surface area (Å²) in [5.41, 5.74) is 7.39. The highest BCUT2D eigenvalue weighted by Crippen LogP contribution is 2.38. The Balaban J connectivity index is 2.28. The molecule has 1 heterocycles. The molecule has 2 aromatic rings. The van der Waals surface area contributed by atoms with E-state index in [0.717, 1.165) is 0 Å². The largest absolute Gasteiger partial charge is 0.144 e. The van der Waals surface area contributed by atoms with E-state index in [9.17, 15) is 0 Å². The van der Waals surface area contributed by atoms with Gasteiger partial charge in [0.1, 0.15) is 0 Å². The quantitative estimate of drug-likeness (QED) is 0.618. The van der Waals surface area contributed by atoms with Gasteiger partial charge < -0.3 is 0 Å². The Hall–Kier alpha value is -1.08. The number of rotatable bonds is 0. The van der Waals surface area contributed by atoms with Gasteiger partial charge in [-0.1, -0.05) is 12.1 Å². The van der Waals surface area contributed by atoms with E-state index in [1.165, 1.54) is 45.5 Å². The first kappa shape index (κ1) is 9.17. The normalized spacial score (nSPS) is 13.5. The molecule has 0 saturated heterocycles. The third-order valence-corrected chi connectivity index (χ3v) is 4.36. The number of hydrogen-bond acceptors (Lipinski definition) is 1. The van der Waals surface area contributed by atoms with Gasteiger partial charge in [0.15, 0.2) is 0 Å². The molecule has 0 unspecified atom stereocenters. The van der Waals surface area contributed by atoms with Crippen LogP contribution in [-0.4, -0.2) is 0 Å². The van der Waals surface area contributed by atoms with Crippen molar-refractivity contribution in [2.45, 2.75) is 26.7 Å². The molecular weight excluding hydrogens is 200 g/mol. The number of aryl methyl sites for hydroxylation is 4. The van der Waals surface area contributed by atoms with Gasteiger partial charge in [-0.3, -0.25) is 0 Å². The van der Waals surface area contributed by atoms with Crippen molar-refractivity contribution in [2.24, 2.45) is 0 Å². The zero-order valence-electron chi connectivity index (χ0n) is 9.13. The van der Waals surface area contributed by atoms with E-state index in [4.69, 9.17) is 0 Å². The van der Waals surface area contributed by atoms with Crippen molar-refractivity contribution < 1.29 is 0 Å². The Labute approximate surface area is 94.6 Å². The monoisotopic (exact) mass is 214 g/mol. The van der Waals surface area contributed by atoms with Crippen LogP contribution in [0.1, 0.15) is 22.3 Å². The first-order chi connectivity index (χ1) is 7.25. The maximum absolute atomic E-state index is 2.37. The van der Waals surface area contributed by atoms with Crippen molar-refractivity contribution in [3.63, 3.8) is 0 Å². The molecule has 1 aliphatic carbocycles. The minimum Gasteiger partial charge on any atom is -0.144 e. The van der Waals surface area contributed by atoms with Gasteiger partial charge in [0.25, 0.3) is 0 Å². The Morgan fingerprint density at radius 2 is 1.73 bits per heavy atom. The number of thiophene rings is 1. The van der Waals surface area contributed by atoms with Crippen LogP contribution in [0.2, 0.25) is 0 Å². The van der Waals surface area contributed by atoms with Crippen LogP contribution in [0.15, 0.2) is 23.6 Å². The Morgan fingerprint density at radius 1 is 1.00 bits per heavy atom. The van der Waals surface area contributed by atoms with Gasteiger partial charge >= 0.3 is 0 Å². The summed E-state index contributed by atoms with van der Waals surface area (Å²) >= 11 is 1.88. The standard InChI is InChI=1S/C14H14S/c1-9-7-12-4-3-11-5-6-15-14(11)13(12)8-10(9)2/h5-8H,3-4H2,1-2H3. The van der Waals surface area contributed by atoms with E-state index < -0.39 is 0 Å². The van der Waals surface area contributed by atoms with Crippen LogP contribution >= 0.6 is 11.3 Å². The molecule has 0 saturated carbocycles. The summed E-state index contributed by atoms with van der Waals surface area (Å²) in [7, 11) is 0. The van der Waals surface area contributed by atoms with Crippen molar-refractivity contribution in [1.82, 2.24) is 0 Å². The summed E-state index contributed by atoms with van der Waals surface area (Å²) in [5, 5.41) is 2.22. The molecule has 15 heavy (non-hydrogen) atoms. The molecule has 0 bridgehead atoms. The molecule has 1 aromatic carbocycles. The average molecular weight is 214 g/mol. The van der Waals surface area contributed by atoms with Gasteiger partial charge in [0.2, 0.25) is 0 Å². The van der Waals surface area contributed by atoms with Crippen molar-refractivity contribution in [3.05, 3.63) is 45.8 Å². The van der Waals surface area contributed by atoms with Crippen molar-refractivity contribution in [3.8, 4) is 10.4 Å². The molecule has 0 aliphatic heterocycles. The van der Waals surface area contributed by atoms with Crippen LogP contribution in [0.3, 0.4) is 0 Å².